The van der Waals surface area contributed by atoms with Crippen LogP contribution in [0.4, 0.5) is 4.39 Å². The molecule has 1 aromatic rings. The molecule has 3 rings (SSSR count). The predicted molar refractivity (Wildman–Crippen MR) is 89.6 cm³/mol. The quantitative estimate of drug-likeness (QED) is 0.825. The maximum absolute atomic E-state index is 13.9. The highest BCUT2D eigenvalue weighted by atomic mass is 35.5. The summed E-state index contributed by atoms with van der Waals surface area (Å²) in [7, 11) is 6.50. The van der Waals surface area contributed by atoms with Crippen LogP contribution in [-0.2, 0) is 6.54 Å². The Bertz CT molecular complexity index is 520. The maximum atomic E-state index is 13.9. The lowest BCUT2D eigenvalue weighted by atomic mass is 10.0. The van der Waals surface area contributed by atoms with E-state index >= 15 is 0 Å². The van der Waals surface area contributed by atoms with Crippen LogP contribution in [0, 0.1) is 17.7 Å². The van der Waals surface area contributed by atoms with Crippen LogP contribution in [0.15, 0.2) is 18.2 Å². The van der Waals surface area contributed by atoms with E-state index < -0.39 is 0 Å². The average molecular weight is 325 g/mol. The largest absolute Gasteiger partial charge is 0.306 e. The highest BCUT2D eigenvalue weighted by Crippen LogP contribution is 2.46. The molecule has 122 valence electrons. The number of halogens is 2. The SMILES string of the molecule is CN(C)C1C[C@@H]2CC(N(C)Cc3cc(Cl)ccc3F)C[C@@H]2C1. The van der Waals surface area contributed by atoms with Crippen LogP contribution < -0.4 is 0 Å². The molecule has 4 heteroatoms. The molecule has 0 spiro atoms. The molecule has 2 unspecified atom stereocenters. The Morgan fingerprint density at radius 3 is 2.23 bits per heavy atom. The van der Waals surface area contributed by atoms with E-state index in [1.165, 1.54) is 31.7 Å². The maximum Gasteiger partial charge on any atom is 0.127 e. The third-order valence-electron chi connectivity index (χ3n) is 5.75. The first-order chi connectivity index (χ1) is 10.4. The summed E-state index contributed by atoms with van der Waals surface area (Å²) in [5.41, 5.74) is 0.707. The number of benzene rings is 1. The van der Waals surface area contributed by atoms with Gasteiger partial charge in [0.2, 0.25) is 0 Å². The van der Waals surface area contributed by atoms with Crippen molar-refractivity contribution in [2.24, 2.45) is 11.8 Å². The smallest absolute Gasteiger partial charge is 0.127 e. The van der Waals surface area contributed by atoms with E-state index in [1.54, 1.807) is 12.1 Å². The van der Waals surface area contributed by atoms with Crippen molar-refractivity contribution in [3.8, 4) is 0 Å². The van der Waals surface area contributed by atoms with Gasteiger partial charge >= 0.3 is 0 Å². The van der Waals surface area contributed by atoms with Crippen molar-refractivity contribution in [3.63, 3.8) is 0 Å². The minimum atomic E-state index is -0.151. The van der Waals surface area contributed by atoms with Gasteiger partial charge in [0, 0.05) is 29.2 Å². The zero-order valence-corrected chi connectivity index (χ0v) is 14.5. The summed E-state index contributed by atoms with van der Waals surface area (Å²) in [6.07, 6.45) is 5.17. The fraction of sp³-hybridized carbons (Fsp3) is 0.667. The molecule has 0 radical (unpaired) electrons. The minimum Gasteiger partial charge on any atom is -0.306 e. The Kier molecular flexibility index (Phi) is 4.77. The average Bonchev–Trinajstić information content (AvgIpc) is 3.01. The van der Waals surface area contributed by atoms with Gasteiger partial charge in [-0.05, 0) is 76.9 Å². The number of fused-ring (bicyclic) bond motifs is 1. The van der Waals surface area contributed by atoms with Gasteiger partial charge in [0.15, 0.2) is 0 Å². The molecule has 2 fully saturated rings. The predicted octanol–water partition coefficient (Wildman–Crippen LogP) is 4.03. The first kappa shape index (κ1) is 16.2. The van der Waals surface area contributed by atoms with Crippen molar-refractivity contribution in [2.45, 2.75) is 44.3 Å². The molecule has 0 amide bonds. The van der Waals surface area contributed by atoms with E-state index in [-0.39, 0.29) is 5.82 Å². The summed E-state index contributed by atoms with van der Waals surface area (Å²) in [4.78, 5) is 4.69. The van der Waals surface area contributed by atoms with Crippen molar-refractivity contribution in [2.75, 3.05) is 21.1 Å². The second kappa shape index (κ2) is 6.46. The number of nitrogens with zero attached hydrogens (tertiary/aromatic N) is 2. The van der Waals surface area contributed by atoms with Crippen molar-refractivity contribution >= 4 is 11.6 Å². The third kappa shape index (κ3) is 3.32. The molecule has 1 aromatic carbocycles. The van der Waals surface area contributed by atoms with Gasteiger partial charge in [0.05, 0.1) is 0 Å². The van der Waals surface area contributed by atoms with Gasteiger partial charge in [-0.3, -0.25) is 4.90 Å². The second-order valence-corrected chi connectivity index (χ2v) is 7.82. The van der Waals surface area contributed by atoms with Gasteiger partial charge in [-0.1, -0.05) is 11.6 Å². The molecule has 0 N–H and O–H groups in total. The third-order valence-corrected chi connectivity index (χ3v) is 5.98. The van der Waals surface area contributed by atoms with Crippen LogP contribution in [0.5, 0.6) is 0 Å². The Labute approximate surface area is 138 Å². The normalized spacial score (nSPS) is 31.2. The molecule has 0 heterocycles. The second-order valence-electron chi connectivity index (χ2n) is 7.39. The molecular formula is C18H26ClFN2. The van der Waals surface area contributed by atoms with Gasteiger partial charge in [-0.25, -0.2) is 4.39 Å². The lowest BCUT2D eigenvalue weighted by Gasteiger charge is -2.27. The summed E-state index contributed by atoms with van der Waals surface area (Å²) < 4.78 is 13.9. The Hall–Kier alpha value is -0.640. The zero-order chi connectivity index (χ0) is 15.9. The summed E-state index contributed by atoms with van der Waals surface area (Å²) in [5.74, 6) is 1.55. The van der Waals surface area contributed by atoms with Gasteiger partial charge in [-0.15, -0.1) is 0 Å². The van der Waals surface area contributed by atoms with E-state index in [9.17, 15) is 4.39 Å². The highest BCUT2D eigenvalue weighted by molar-refractivity contribution is 6.30. The van der Waals surface area contributed by atoms with Gasteiger partial charge in [0.25, 0.3) is 0 Å². The Morgan fingerprint density at radius 1 is 1.05 bits per heavy atom. The topological polar surface area (TPSA) is 6.48 Å². The highest BCUT2D eigenvalue weighted by Gasteiger charge is 2.43. The molecule has 2 aliphatic carbocycles. The van der Waals surface area contributed by atoms with Crippen molar-refractivity contribution < 1.29 is 4.39 Å². The molecule has 2 nitrogen and oxygen atoms in total. The van der Waals surface area contributed by atoms with Crippen LogP contribution >= 0.6 is 11.6 Å². The Balaban J connectivity index is 1.59. The molecule has 0 saturated heterocycles. The standard InChI is InChI=1S/C18H26ClFN2/c1-21(2)16-7-12-9-17(10-13(12)8-16)22(3)11-14-6-15(19)4-5-18(14)20/h4-6,12-13,16-17H,7-11H2,1-3H3/t12-,13+,16?,17?. The molecule has 22 heavy (non-hydrogen) atoms. The Morgan fingerprint density at radius 2 is 1.64 bits per heavy atom. The molecule has 4 atom stereocenters. The van der Waals surface area contributed by atoms with Gasteiger partial charge in [-0.2, -0.15) is 0 Å². The number of rotatable bonds is 4. The fourth-order valence-electron chi connectivity index (χ4n) is 4.40. The number of hydrogen-bond acceptors (Lipinski definition) is 2. The number of hydrogen-bond donors (Lipinski definition) is 0. The molecule has 0 bridgehead atoms. The van der Waals surface area contributed by atoms with Crippen LogP contribution in [-0.4, -0.2) is 43.0 Å². The summed E-state index contributed by atoms with van der Waals surface area (Å²) in [6, 6.07) is 6.17. The van der Waals surface area contributed by atoms with E-state index in [2.05, 4.69) is 30.9 Å². The summed E-state index contributed by atoms with van der Waals surface area (Å²) >= 11 is 5.99. The molecule has 2 saturated carbocycles. The van der Waals surface area contributed by atoms with Crippen LogP contribution in [0.25, 0.3) is 0 Å². The van der Waals surface area contributed by atoms with E-state index in [0.29, 0.717) is 23.2 Å². The van der Waals surface area contributed by atoms with Crippen LogP contribution in [0.1, 0.15) is 31.2 Å². The first-order valence-electron chi connectivity index (χ1n) is 8.24. The lowest BCUT2D eigenvalue weighted by Crippen LogP contribution is -2.31. The lowest BCUT2D eigenvalue weighted by molar-refractivity contribution is 0.210. The van der Waals surface area contributed by atoms with Gasteiger partial charge in [0.1, 0.15) is 5.82 Å². The van der Waals surface area contributed by atoms with Crippen LogP contribution in [0.3, 0.4) is 0 Å². The summed E-state index contributed by atoms with van der Waals surface area (Å²) in [6.45, 7) is 0.646. The molecule has 0 aromatic heterocycles. The fourth-order valence-corrected chi connectivity index (χ4v) is 4.59. The van der Waals surface area contributed by atoms with E-state index in [0.717, 1.165) is 17.9 Å². The summed E-state index contributed by atoms with van der Waals surface area (Å²) in [5, 5.41) is 0.613. The van der Waals surface area contributed by atoms with Crippen molar-refractivity contribution in [3.05, 3.63) is 34.6 Å². The minimum absolute atomic E-state index is 0.151. The van der Waals surface area contributed by atoms with E-state index in [1.807, 2.05) is 0 Å². The molecule has 0 aliphatic heterocycles. The first-order valence-corrected chi connectivity index (χ1v) is 8.62. The van der Waals surface area contributed by atoms with Crippen molar-refractivity contribution in [1.29, 1.82) is 0 Å². The van der Waals surface area contributed by atoms with Crippen molar-refractivity contribution in [1.82, 2.24) is 9.80 Å². The van der Waals surface area contributed by atoms with Crippen LogP contribution in [0.2, 0.25) is 5.02 Å². The molecular weight excluding hydrogens is 299 g/mol. The molecule has 2 aliphatic rings. The monoisotopic (exact) mass is 324 g/mol. The van der Waals surface area contributed by atoms with Gasteiger partial charge < -0.3 is 4.90 Å². The zero-order valence-electron chi connectivity index (χ0n) is 13.7. The van der Waals surface area contributed by atoms with E-state index in [4.69, 9.17) is 11.6 Å².